The molecule has 0 radical (unpaired) electrons. The number of carbonyl (C=O) groups is 1. The van der Waals surface area contributed by atoms with E-state index in [4.69, 9.17) is 5.73 Å². The normalized spacial score (nSPS) is 19.3. The third-order valence-electron chi connectivity index (χ3n) is 3.66. The second-order valence-electron chi connectivity index (χ2n) is 5.69. The fourth-order valence-corrected chi connectivity index (χ4v) is 2.60. The SMILES string of the molecule is CCCC(CN)N1CCN(C(=O)CC(C)C)CC1. The van der Waals surface area contributed by atoms with Gasteiger partial charge in [-0.15, -0.1) is 0 Å². The molecule has 1 heterocycles. The Morgan fingerprint density at radius 2 is 1.83 bits per heavy atom. The molecule has 1 amide bonds. The van der Waals surface area contributed by atoms with E-state index in [1.165, 1.54) is 6.42 Å². The van der Waals surface area contributed by atoms with Gasteiger partial charge in [0, 0.05) is 45.2 Å². The summed E-state index contributed by atoms with van der Waals surface area (Å²) in [5.74, 6) is 0.761. The summed E-state index contributed by atoms with van der Waals surface area (Å²) in [6.45, 7) is 10.8. The fourth-order valence-electron chi connectivity index (χ4n) is 2.60. The predicted molar refractivity (Wildman–Crippen MR) is 75.4 cm³/mol. The number of rotatable bonds is 6. The van der Waals surface area contributed by atoms with E-state index in [-0.39, 0.29) is 0 Å². The first-order chi connectivity index (χ1) is 8.58. The quantitative estimate of drug-likeness (QED) is 0.778. The fraction of sp³-hybridized carbons (Fsp3) is 0.929. The molecule has 1 atom stereocenters. The van der Waals surface area contributed by atoms with Crippen LogP contribution in [0.4, 0.5) is 0 Å². The van der Waals surface area contributed by atoms with Crippen LogP contribution >= 0.6 is 0 Å². The first-order valence-electron chi connectivity index (χ1n) is 7.30. The second kappa shape index (κ2) is 7.74. The van der Waals surface area contributed by atoms with Crippen LogP contribution < -0.4 is 5.73 Å². The highest BCUT2D eigenvalue weighted by Crippen LogP contribution is 2.12. The maximum atomic E-state index is 12.0. The van der Waals surface area contributed by atoms with Crippen molar-refractivity contribution in [2.45, 2.75) is 46.1 Å². The van der Waals surface area contributed by atoms with E-state index in [9.17, 15) is 4.79 Å². The minimum absolute atomic E-state index is 0.310. The molecule has 0 aromatic carbocycles. The van der Waals surface area contributed by atoms with Crippen LogP contribution in [0.15, 0.2) is 0 Å². The van der Waals surface area contributed by atoms with E-state index in [2.05, 4.69) is 25.7 Å². The van der Waals surface area contributed by atoms with Crippen molar-refractivity contribution in [2.24, 2.45) is 11.7 Å². The van der Waals surface area contributed by atoms with Crippen LogP contribution in [0.3, 0.4) is 0 Å². The molecule has 0 bridgehead atoms. The van der Waals surface area contributed by atoms with Gasteiger partial charge in [0.25, 0.3) is 0 Å². The molecule has 106 valence electrons. The number of nitrogens with zero attached hydrogens (tertiary/aromatic N) is 2. The van der Waals surface area contributed by atoms with E-state index in [1.54, 1.807) is 0 Å². The van der Waals surface area contributed by atoms with E-state index in [1.807, 2.05) is 4.90 Å². The first kappa shape index (κ1) is 15.4. The molecule has 1 unspecified atom stereocenters. The molecule has 1 rings (SSSR count). The third-order valence-corrected chi connectivity index (χ3v) is 3.66. The second-order valence-corrected chi connectivity index (χ2v) is 5.69. The molecule has 1 fully saturated rings. The monoisotopic (exact) mass is 255 g/mol. The maximum absolute atomic E-state index is 12.0. The molecular weight excluding hydrogens is 226 g/mol. The molecule has 1 aliphatic rings. The summed E-state index contributed by atoms with van der Waals surface area (Å²) in [6.07, 6.45) is 3.01. The Hall–Kier alpha value is -0.610. The van der Waals surface area contributed by atoms with Crippen molar-refractivity contribution >= 4 is 5.91 Å². The Balaban J connectivity index is 2.38. The van der Waals surface area contributed by atoms with Crippen molar-refractivity contribution in [1.82, 2.24) is 9.80 Å². The van der Waals surface area contributed by atoms with Crippen LogP contribution in [0.25, 0.3) is 0 Å². The molecule has 0 spiro atoms. The molecule has 18 heavy (non-hydrogen) atoms. The summed E-state index contributed by atoms with van der Waals surface area (Å²) in [5, 5.41) is 0. The number of hydrogen-bond acceptors (Lipinski definition) is 3. The molecule has 0 aromatic heterocycles. The van der Waals surface area contributed by atoms with Crippen molar-refractivity contribution in [3.8, 4) is 0 Å². The third kappa shape index (κ3) is 4.58. The minimum atomic E-state index is 0.310. The van der Waals surface area contributed by atoms with Crippen LogP contribution in [0, 0.1) is 5.92 Å². The van der Waals surface area contributed by atoms with Crippen molar-refractivity contribution < 1.29 is 4.79 Å². The van der Waals surface area contributed by atoms with Crippen molar-refractivity contribution in [2.75, 3.05) is 32.7 Å². The summed E-state index contributed by atoms with van der Waals surface area (Å²) in [4.78, 5) is 16.4. The van der Waals surface area contributed by atoms with Gasteiger partial charge in [0.1, 0.15) is 0 Å². The number of piperazine rings is 1. The summed E-state index contributed by atoms with van der Waals surface area (Å²) in [5.41, 5.74) is 5.83. The van der Waals surface area contributed by atoms with Gasteiger partial charge < -0.3 is 10.6 Å². The summed E-state index contributed by atoms with van der Waals surface area (Å²) in [6, 6.07) is 0.498. The van der Waals surface area contributed by atoms with Crippen LogP contribution in [0.5, 0.6) is 0 Å². The van der Waals surface area contributed by atoms with Gasteiger partial charge >= 0.3 is 0 Å². The molecule has 0 aliphatic carbocycles. The van der Waals surface area contributed by atoms with Crippen LogP contribution in [-0.2, 0) is 4.79 Å². The predicted octanol–water partition coefficient (Wildman–Crippen LogP) is 1.30. The van der Waals surface area contributed by atoms with Gasteiger partial charge in [-0.3, -0.25) is 9.69 Å². The molecular formula is C14H29N3O. The first-order valence-corrected chi connectivity index (χ1v) is 7.30. The van der Waals surface area contributed by atoms with Crippen LogP contribution in [0.1, 0.15) is 40.0 Å². The summed E-state index contributed by atoms with van der Waals surface area (Å²) >= 11 is 0. The van der Waals surface area contributed by atoms with Crippen molar-refractivity contribution in [3.63, 3.8) is 0 Å². The largest absolute Gasteiger partial charge is 0.340 e. The molecule has 1 saturated heterocycles. The van der Waals surface area contributed by atoms with E-state index < -0.39 is 0 Å². The maximum Gasteiger partial charge on any atom is 0.222 e. The highest BCUT2D eigenvalue weighted by atomic mass is 16.2. The number of nitrogens with two attached hydrogens (primary N) is 1. The molecule has 4 nitrogen and oxygen atoms in total. The lowest BCUT2D eigenvalue weighted by Gasteiger charge is -2.39. The van der Waals surface area contributed by atoms with Crippen LogP contribution in [0.2, 0.25) is 0 Å². The Kier molecular flexibility index (Phi) is 6.65. The zero-order valence-corrected chi connectivity index (χ0v) is 12.2. The van der Waals surface area contributed by atoms with E-state index >= 15 is 0 Å². The van der Waals surface area contributed by atoms with Gasteiger partial charge in [0.2, 0.25) is 5.91 Å². The van der Waals surface area contributed by atoms with Gasteiger partial charge in [0.15, 0.2) is 0 Å². The number of amides is 1. The molecule has 1 aliphatic heterocycles. The average molecular weight is 255 g/mol. The zero-order chi connectivity index (χ0) is 13.5. The Bertz CT molecular complexity index is 247. The number of carbonyl (C=O) groups excluding carboxylic acids is 1. The molecule has 2 N–H and O–H groups in total. The lowest BCUT2D eigenvalue weighted by atomic mass is 10.1. The van der Waals surface area contributed by atoms with Crippen molar-refractivity contribution in [3.05, 3.63) is 0 Å². The zero-order valence-electron chi connectivity index (χ0n) is 12.2. The van der Waals surface area contributed by atoms with Crippen molar-refractivity contribution in [1.29, 1.82) is 0 Å². The smallest absolute Gasteiger partial charge is 0.222 e. The summed E-state index contributed by atoms with van der Waals surface area (Å²) < 4.78 is 0. The molecule has 0 aromatic rings. The molecule has 4 heteroatoms. The highest BCUT2D eigenvalue weighted by molar-refractivity contribution is 5.76. The van der Waals surface area contributed by atoms with Gasteiger partial charge in [-0.05, 0) is 12.3 Å². The Morgan fingerprint density at radius 3 is 2.28 bits per heavy atom. The molecule has 0 saturated carbocycles. The van der Waals surface area contributed by atoms with E-state index in [0.29, 0.717) is 24.3 Å². The minimum Gasteiger partial charge on any atom is -0.340 e. The van der Waals surface area contributed by atoms with Gasteiger partial charge in [-0.2, -0.15) is 0 Å². The van der Waals surface area contributed by atoms with Gasteiger partial charge in [-0.25, -0.2) is 0 Å². The standard InChI is InChI=1S/C14H29N3O/c1-4-5-13(11-15)16-6-8-17(9-7-16)14(18)10-12(2)3/h12-13H,4-11,15H2,1-3H3. The summed E-state index contributed by atoms with van der Waals surface area (Å²) in [7, 11) is 0. The number of hydrogen-bond donors (Lipinski definition) is 1. The van der Waals surface area contributed by atoms with Gasteiger partial charge in [0.05, 0.1) is 0 Å². The lowest BCUT2D eigenvalue weighted by molar-refractivity contribution is -0.134. The topological polar surface area (TPSA) is 49.6 Å². The highest BCUT2D eigenvalue weighted by Gasteiger charge is 2.24. The van der Waals surface area contributed by atoms with Gasteiger partial charge in [-0.1, -0.05) is 27.2 Å². The Morgan fingerprint density at radius 1 is 1.22 bits per heavy atom. The van der Waals surface area contributed by atoms with Crippen LogP contribution in [-0.4, -0.2) is 54.5 Å². The average Bonchev–Trinajstić information content (AvgIpc) is 2.35. The van der Waals surface area contributed by atoms with E-state index in [0.717, 1.165) is 39.1 Å². The lowest BCUT2D eigenvalue weighted by Crippen LogP contribution is -2.53. The Labute approximate surface area is 111 Å².